The summed E-state index contributed by atoms with van der Waals surface area (Å²) in [4.78, 5) is 3.99. The van der Waals surface area contributed by atoms with Crippen LogP contribution in [-0.2, 0) is 28.6 Å². The fourth-order valence-corrected chi connectivity index (χ4v) is 2.96. The van der Waals surface area contributed by atoms with E-state index in [0.717, 1.165) is 23.9 Å². The SMILES string of the molecule is [NH-]CCNCc1ccc(-c2ccc(P)cc2)cc1.[O]=[Os].[c-]1cccc2cnccc12. The van der Waals surface area contributed by atoms with Crippen LogP contribution in [0.1, 0.15) is 5.56 Å². The van der Waals surface area contributed by atoms with Crippen LogP contribution in [0.4, 0.5) is 0 Å². The van der Waals surface area contributed by atoms with Crippen molar-refractivity contribution in [2.24, 2.45) is 0 Å². The molecular weight excluding hydrogens is 567 g/mol. The fraction of sp³-hybridized carbons (Fsp3) is 0.125. The Morgan fingerprint density at radius 3 is 2.27 bits per heavy atom. The first-order valence-electron chi connectivity index (χ1n) is 9.41. The predicted octanol–water partition coefficient (Wildman–Crippen LogP) is 4.91. The molecule has 0 aliphatic carbocycles. The Labute approximate surface area is 190 Å². The van der Waals surface area contributed by atoms with E-state index in [2.05, 4.69) is 74.1 Å². The van der Waals surface area contributed by atoms with Crippen LogP contribution in [0.3, 0.4) is 0 Å². The Morgan fingerprint density at radius 1 is 0.967 bits per heavy atom. The Morgan fingerprint density at radius 2 is 1.63 bits per heavy atom. The second-order valence-electron chi connectivity index (χ2n) is 6.38. The normalized spacial score (nSPS) is 9.83. The minimum absolute atomic E-state index is 0.430. The molecule has 2 N–H and O–H groups in total. The Kier molecular flexibility index (Phi) is 11.2. The molecule has 0 bridgehead atoms. The minimum Gasteiger partial charge on any atom is -0.284 e. The molecule has 0 aliphatic heterocycles. The molecule has 1 aromatic heterocycles. The molecule has 0 saturated heterocycles. The molecule has 4 rings (SSSR count). The molecule has 0 amide bonds. The van der Waals surface area contributed by atoms with Gasteiger partial charge in [0, 0.05) is 6.54 Å². The average Bonchev–Trinajstić information content (AvgIpc) is 2.82. The van der Waals surface area contributed by atoms with Gasteiger partial charge in [-0.2, -0.15) is 0 Å². The van der Waals surface area contributed by atoms with Crippen LogP contribution >= 0.6 is 9.24 Å². The molecule has 3 aromatic carbocycles. The van der Waals surface area contributed by atoms with Crippen molar-refractivity contribution in [3.63, 3.8) is 0 Å². The van der Waals surface area contributed by atoms with Gasteiger partial charge in [-0.15, -0.1) is 51.5 Å². The van der Waals surface area contributed by atoms with E-state index in [-0.39, 0.29) is 0 Å². The first-order chi connectivity index (χ1) is 14.8. The van der Waals surface area contributed by atoms with Crippen molar-refractivity contribution in [3.8, 4) is 11.1 Å². The summed E-state index contributed by atoms with van der Waals surface area (Å²) in [6, 6.07) is 28.0. The average molecular weight is 592 g/mol. The molecule has 1 heterocycles. The molecule has 0 fully saturated rings. The number of rotatable bonds is 5. The molecule has 156 valence electrons. The third-order valence-corrected chi connectivity index (χ3v) is 4.68. The van der Waals surface area contributed by atoms with Gasteiger partial charge < -0.3 is 11.1 Å². The van der Waals surface area contributed by atoms with Crippen LogP contribution in [0.5, 0.6) is 0 Å². The number of benzene rings is 3. The summed E-state index contributed by atoms with van der Waals surface area (Å²) in [6.07, 6.45) is 3.62. The van der Waals surface area contributed by atoms with Crippen molar-refractivity contribution in [2.45, 2.75) is 6.54 Å². The van der Waals surface area contributed by atoms with E-state index in [9.17, 15) is 0 Å². The van der Waals surface area contributed by atoms with Gasteiger partial charge in [0.1, 0.15) is 0 Å². The largest absolute Gasteiger partial charge is 0.284 e. The van der Waals surface area contributed by atoms with E-state index in [4.69, 9.17) is 9.27 Å². The zero-order chi connectivity index (χ0) is 21.6. The monoisotopic (exact) mass is 593 g/mol. The van der Waals surface area contributed by atoms with Gasteiger partial charge in [-0.3, -0.25) is 4.98 Å². The number of hydrogen-bond donors (Lipinski definition) is 1. The van der Waals surface area contributed by atoms with E-state index < -0.39 is 0 Å². The number of aromatic nitrogens is 1. The summed E-state index contributed by atoms with van der Waals surface area (Å²) in [5.41, 5.74) is 10.8. The van der Waals surface area contributed by atoms with Gasteiger partial charge in [0.05, 0.1) is 0 Å². The molecule has 4 aromatic rings. The molecular formula is C24H24N3OOsP-2. The molecule has 6 heteroatoms. The quantitative estimate of drug-likeness (QED) is 0.204. The maximum atomic E-state index is 8.28. The third-order valence-electron chi connectivity index (χ3n) is 4.29. The molecule has 0 saturated carbocycles. The number of nitrogens with one attached hydrogen (secondary N) is 2. The van der Waals surface area contributed by atoms with Gasteiger partial charge >= 0.3 is 22.1 Å². The maximum Gasteiger partial charge on any atom is -0.00876 e. The van der Waals surface area contributed by atoms with Gasteiger partial charge in [-0.25, -0.2) is 0 Å². The first-order valence-corrected chi connectivity index (χ1v) is 11.0. The van der Waals surface area contributed by atoms with Crippen molar-refractivity contribution in [1.82, 2.24) is 10.3 Å². The summed E-state index contributed by atoms with van der Waals surface area (Å²) >= 11 is 0.611. The van der Waals surface area contributed by atoms with Crippen LogP contribution in [0.25, 0.3) is 27.6 Å². The standard InChI is InChI=1S/C15H18N2P.C9H6N.O.Os/c16-9-10-17-11-12-1-3-13(4-2-12)14-5-7-15(18)8-6-14;1-2-4-9-7-10-6-5-8(9)3-1;;/h1-8,16-17H,9-11,18H2;1-2,4-7H;;/q2*-1;;. The first kappa shape index (κ1) is 24.1. The van der Waals surface area contributed by atoms with Gasteiger partial charge in [0.25, 0.3) is 0 Å². The van der Waals surface area contributed by atoms with Gasteiger partial charge in [-0.05, 0) is 40.9 Å². The van der Waals surface area contributed by atoms with E-state index in [0.29, 0.717) is 25.1 Å². The van der Waals surface area contributed by atoms with E-state index in [1.54, 1.807) is 6.20 Å². The Bertz CT molecular complexity index is 945. The van der Waals surface area contributed by atoms with Crippen molar-refractivity contribution in [3.05, 3.63) is 103 Å². The number of fused-ring (bicyclic) bond motifs is 1. The molecule has 30 heavy (non-hydrogen) atoms. The van der Waals surface area contributed by atoms with Gasteiger partial charge in [0.15, 0.2) is 0 Å². The molecule has 0 radical (unpaired) electrons. The van der Waals surface area contributed by atoms with Crippen LogP contribution in [0.2, 0.25) is 0 Å². The fourth-order valence-electron chi connectivity index (χ4n) is 2.77. The molecule has 0 spiro atoms. The second-order valence-corrected chi connectivity index (χ2v) is 7.05. The van der Waals surface area contributed by atoms with Crippen molar-refractivity contribution in [2.75, 3.05) is 13.1 Å². The zero-order valence-corrected chi connectivity index (χ0v) is 20.2. The summed E-state index contributed by atoms with van der Waals surface area (Å²) in [6.45, 7) is 2.01. The molecule has 1 unspecified atom stereocenters. The Hall–Kier alpha value is -2.14. The molecule has 1 atom stereocenters. The Balaban J connectivity index is 0.000000224. The van der Waals surface area contributed by atoms with Gasteiger partial charge in [-0.1, -0.05) is 53.9 Å². The third kappa shape index (κ3) is 7.94. The van der Waals surface area contributed by atoms with Crippen molar-refractivity contribution >= 4 is 25.3 Å². The number of nitrogens with zero attached hydrogens (tertiary/aromatic N) is 1. The predicted molar refractivity (Wildman–Crippen MR) is 123 cm³/mol. The van der Waals surface area contributed by atoms with Crippen molar-refractivity contribution < 1.29 is 22.1 Å². The number of hydrogen-bond acceptors (Lipinski definition) is 3. The van der Waals surface area contributed by atoms with Crippen molar-refractivity contribution in [1.29, 1.82) is 0 Å². The number of pyridine rings is 1. The van der Waals surface area contributed by atoms with E-state index >= 15 is 0 Å². The van der Waals surface area contributed by atoms with Crippen LogP contribution in [-0.4, -0.2) is 18.1 Å². The van der Waals surface area contributed by atoms with E-state index in [1.165, 1.54) is 22.0 Å². The summed E-state index contributed by atoms with van der Waals surface area (Å²) in [5.74, 6) is 0. The molecule has 0 aliphatic rings. The van der Waals surface area contributed by atoms with Crippen LogP contribution < -0.4 is 10.6 Å². The van der Waals surface area contributed by atoms with Crippen LogP contribution in [0, 0.1) is 6.07 Å². The maximum absolute atomic E-state index is 8.28. The van der Waals surface area contributed by atoms with E-state index in [1.807, 2.05) is 30.5 Å². The summed E-state index contributed by atoms with van der Waals surface area (Å²) < 4.78 is 8.28. The summed E-state index contributed by atoms with van der Waals surface area (Å²) in [7, 11) is 2.70. The zero-order valence-electron chi connectivity index (χ0n) is 16.5. The molecule has 4 nitrogen and oxygen atoms in total. The minimum atomic E-state index is 0.430. The topological polar surface area (TPSA) is 65.8 Å². The smallest absolute Gasteiger partial charge is 0.00876 e. The van der Waals surface area contributed by atoms with Crippen LogP contribution in [0.15, 0.2) is 85.2 Å². The summed E-state index contributed by atoms with van der Waals surface area (Å²) in [5, 5.41) is 6.70. The second kappa shape index (κ2) is 14.0. The van der Waals surface area contributed by atoms with Gasteiger partial charge in [0.2, 0.25) is 0 Å².